The van der Waals surface area contributed by atoms with Crippen molar-refractivity contribution in [3.05, 3.63) is 58.4 Å². The number of hydrogen-bond donors (Lipinski definition) is 1. The Hall–Kier alpha value is -3.33. The minimum atomic E-state index is -0.967. The van der Waals surface area contributed by atoms with Crippen molar-refractivity contribution < 1.29 is 14.7 Å². The van der Waals surface area contributed by atoms with Gasteiger partial charge in [-0.05, 0) is 68.7 Å². The Bertz CT molecular complexity index is 956. The molecule has 0 radical (unpaired) electrons. The van der Waals surface area contributed by atoms with Crippen LogP contribution in [0.5, 0.6) is 0 Å². The van der Waals surface area contributed by atoms with Crippen LogP contribution >= 0.6 is 0 Å². The molecule has 1 N–H and O–H groups in total. The lowest BCUT2D eigenvalue weighted by molar-refractivity contribution is -0.125. The molecule has 2 heterocycles. The summed E-state index contributed by atoms with van der Waals surface area (Å²) in [6.45, 7) is 5.25. The van der Waals surface area contributed by atoms with Gasteiger partial charge in [0.25, 0.3) is 5.91 Å². The Morgan fingerprint density at radius 1 is 1.15 bits per heavy atom. The number of aryl methyl sites for hydroxylation is 1. The van der Waals surface area contributed by atoms with Crippen molar-refractivity contribution in [1.29, 1.82) is 5.26 Å². The highest BCUT2D eigenvalue weighted by Crippen LogP contribution is 2.24. The van der Waals surface area contributed by atoms with Crippen LogP contribution in [0.2, 0.25) is 0 Å². The molecule has 1 aliphatic rings. The molecule has 1 saturated heterocycles. The zero-order chi connectivity index (χ0) is 19.6. The minimum Gasteiger partial charge on any atom is -0.478 e. The van der Waals surface area contributed by atoms with Gasteiger partial charge in [0.1, 0.15) is 11.6 Å². The summed E-state index contributed by atoms with van der Waals surface area (Å²) in [5, 5.41) is 18.5. The zero-order valence-electron chi connectivity index (χ0n) is 15.4. The van der Waals surface area contributed by atoms with E-state index in [2.05, 4.69) is 0 Å². The van der Waals surface area contributed by atoms with E-state index in [1.807, 2.05) is 30.6 Å². The lowest BCUT2D eigenvalue weighted by Crippen LogP contribution is -2.28. The van der Waals surface area contributed by atoms with E-state index in [1.165, 1.54) is 0 Å². The normalized spacial score (nSPS) is 14.3. The average molecular weight is 363 g/mol. The summed E-state index contributed by atoms with van der Waals surface area (Å²) in [7, 11) is 0. The molecule has 1 aromatic carbocycles. The molecule has 0 bridgehead atoms. The fourth-order valence-corrected chi connectivity index (χ4v) is 3.47. The van der Waals surface area contributed by atoms with Gasteiger partial charge in [0.15, 0.2) is 0 Å². The van der Waals surface area contributed by atoms with Gasteiger partial charge >= 0.3 is 5.97 Å². The van der Waals surface area contributed by atoms with Crippen molar-refractivity contribution in [2.75, 3.05) is 13.1 Å². The quantitative estimate of drug-likeness (QED) is 0.667. The molecular weight excluding hydrogens is 342 g/mol. The van der Waals surface area contributed by atoms with E-state index in [0.29, 0.717) is 13.1 Å². The van der Waals surface area contributed by atoms with Crippen LogP contribution in [0.15, 0.2) is 35.9 Å². The van der Waals surface area contributed by atoms with Crippen LogP contribution < -0.4 is 0 Å². The van der Waals surface area contributed by atoms with Crippen LogP contribution in [0.3, 0.4) is 0 Å². The molecule has 1 aromatic heterocycles. The molecule has 2 aromatic rings. The number of aromatic nitrogens is 1. The lowest BCUT2D eigenvalue weighted by atomic mass is 10.1. The van der Waals surface area contributed by atoms with Crippen LogP contribution in [0.25, 0.3) is 11.8 Å². The third kappa shape index (κ3) is 3.63. The Morgan fingerprint density at radius 3 is 2.33 bits per heavy atom. The molecule has 0 saturated carbocycles. The van der Waals surface area contributed by atoms with Crippen LogP contribution in [0.1, 0.15) is 40.2 Å². The lowest BCUT2D eigenvalue weighted by Gasteiger charge is -2.14. The summed E-state index contributed by atoms with van der Waals surface area (Å²) >= 11 is 0. The third-order valence-corrected chi connectivity index (χ3v) is 4.89. The van der Waals surface area contributed by atoms with E-state index in [1.54, 1.807) is 35.2 Å². The van der Waals surface area contributed by atoms with Gasteiger partial charge < -0.3 is 14.6 Å². The molecule has 0 unspecified atom stereocenters. The number of carbonyl (C=O) groups excluding carboxylic acids is 1. The number of carboxylic acid groups (broad SMARTS) is 1. The number of rotatable bonds is 4. The van der Waals surface area contributed by atoms with Crippen molar-refractivity contribution in [1.82, 2.24) is 9.47 Å². The smallest absolute Gasteiger partial charge is 0.335 e. The van der Waals surface area contributed by atoms with Crippen LogP contribution in [0.4, 0.5) is 0 Å². The Labute approximate surface area is 157 Å². The van der Waals surface area contributed by atoms with Crippen molar-refractivity contribution in [3.63, 3.8) is 0 Å². The number of nitrogens with zero attached hydrogens (tertiary/aromatic N) is 3. The highest BCUT2D eigenvalue weighted by molar-refractivity contribution is 6.02. The Balaban J connectivity index is 1.96. The van der Waals surface area contributed by atoms with Crippen molar-refractivity contribution in [2.45, 2.75) is 26.7 Å². The molecule has 0 atom stereocenters. The van der Waals surface area contributed by atoms with Crippen LogP contribution in [-0.2, 0) is 4.79 Å². The second-order valence-corrected chi connectivity index (χ2v) is 6.68. The zero-order valence-corrected chi connectivity index (χ0v) is 15.4. The maximum Gasteiger partial charge on any atom is 0.335 e. The van der Waals surface area contributed by atoms with Crippen molar-refractivity contribution in [3.8, 4) is 11.8 Å². The van der Waals surface area contributed by atoms with Crippen molar-refractivity contribution in [2.24, 2.45) is 0 Å². The first kappa shape index (κ1) is 18.5. The van der Waals surface area contributed by atoms with Crippen LogP contribution in [0, 0.1) is 25.2 Å². The number of carboxylic acids is 1. The van der Waals surface area contributed by atoms with E-state index in [0.717, 1.165) is 35.5 Å². The van der Waals surface area contributed by atoms with Crippen molar-refractivity contribution >= 4 is 18.0 Å². The summed E-state index contributed by atoms with van der Waals surface area (Å²) in [5.41, 5.74) is 3.82. The third-order valence-electron chi connectivity index (χ3n) is 4.89. The minimum absolute atomic E-state index is 0.137. The molecule has 0 spiro atoms. The first-order valence-corrected chi connectivity index (χ1v) is 8.86. The molecule has 6 nitrogen and oxygen atoms in total. The molecule has 0 aliphatic carbocycles. The highest BCUT2D eigenvalue weighted by atomic mass is 16.4. The number of nitriles is 1. The molecule has 138 valence electrons. The fraction of sp³-hybridized carbons (Fsp3) is 0.286. The molecule has 3 rings (SSSR count). The summed E-state index contributed by atoms with van der Waals surface area (Å²) in [4.78, 5) is 25.3. The fourth-order valence-electron chi connectivity index (χ4n) is 3.47. The Kier molecular flexibility index (Phi) is 5.13. The summed E-state index contributed by atoms with van der Waals surface area (Å²) < 4.78 is 1.98. The summed E-state index contributed by atoms with van der Waals surface area (Å²) in [6, 6.07) is 10.6. The number of benzene rings is 1. The van der Waals surface area contributed by atoms with Gasteiger partial charge in [0.05, 0.1) is 5.56 Å². The average Bonchev–Trinajstić information content (AvgIpc) is 3.28. The Morgan fingerprint density at radius 2 is 1.78 bits per heavy atom. The topological polar surface area (TPSA) is 86.3 Å². The highest BCUT2D eigenvalue weighted by Gasteiger charge is 2.22. The molecule has 1 fully saturated rings. The van der Waals surface area contributed by atoms with Gasteiger partial charge in [-0.2, -0.15) is 5.26 Å². The van der Waals surface area contributed by atoms with Gasteiger partial charge in [-0.15, -0.1) is 0 Å². The predicted octanol–water partition coefficient (Wildman–Crippen LogP) is 3.32. The number of carbonyl (C=O) groups is 2. The molecule has 1 aliphatic heterocycles. The first-order chi connectivity index (χ1) is 12.9. The first-order valence-electron chi connectivity index (χ1n) is 8.86. The van der Waals surface area contributed by atoms with Gasteiger partial charge in [-0.25, -0.2) is 4.79 Å². The van der Waals surface area contributed by atoms with Gasteiger partial charge in [0.2, 0.25) is 0 Å². The number of aromatic carboxylic acids is 1. The van der Waals surface area contributed by atoms with E-state index < -0.39 is 5.97 Å². The van der Waals surface area contributed by atoms with E-state index in [-0.39, 0.29) is 17.0 Å². The maximum absolute atomic E-state index is 12.5. The monoisotopic (exact) mass is 363 g/mol. The largest absolute Gasteiger partial charge is 0.478 e. The van der Waals surface area contributed by atoms with E-state index >= 15 is 0 Å². The van der Waals surface area contributed by atoms with Gasteiger partial charge in [0, 0.05) is 30.2 Å². The standard InChI is InChI=1S/C21H21N3O3/c1-14-11-17(12-18(13-22)20(25)23-9-3-4-10-23)15(2)24(14)19-7-5-16(6-8-19)21(26)27/h5-8,11-12H,3-4,9-10H2,1-2H3,(H,26,27)/b18-12+. The van der Waals surface area contributed by atoms with Crippen LogP contribution in [-0.4, -0.2) is 39.5 Å². The number of amides is 1. The predicted molar refractivity (Wildman–Crippen MR) is 102 cm³/mol. The van der Waals surface area contributed by atoms with E-state index in [4.69, 9.17) is 5.11 Å². The van der Waals surface area contributed by atoms with E-state index in [9.17, 15) is 14.9 Å². The molecule has 1 amide bonds. The maximum atomic E-state index is 12.5. The van der Waals surface area contributed by atoms with Gasteiger partial charge in [-0.3, -0.25) is 4.79 Å². The summed E-state index contributed by atoms with van der Waals surface area (Å²) in [6.07, 6.45) is 3.60. The SMILES string of the molecule is Cc1cc(/C=C(\C#N)C(=O)N2CCCC2)c(C)n1-c1ccc(C(=O)O)cc1. The summed E-state index contributed by atoms with van der Waals surface area (Å²) in [5.74, 6) is -1.18. The molecule has 27 heavy (non-hydrogen) atoms. The van der Waals surface area contributed by atoms with Gasteiger partial charge in [-0.1, -0.05) is 0 Å². The number of hydrogen-bond acceptors (Lipinski definition) is 3. The molecule has 6 heteroatoms. The second-order valence-electron chi connectivity index (χ2n) is 6.68. The molecular formula is C21H21N3O3. The second kappa shape index (κ2) is 7.50. The number of likely N-dealkylation sites (tertiary alicyclic amines) is 1.